The Morgan fingerprint density at radius 3 is 2.77 bits per heavy atom. The highest BCUT2D eigenvalue weighted by atomic mass is 35.5. The fourth-order valence-electron chi connectivity index (χ4n) is 2.83. The van der Waals surface area contributed by atoms with E-state index in [0.29, 0.717) is 37.9 Å². The quantitative estimate of drug-likeness (QED) is 0.749. The van der Waals surface area contributed by atoms with Gasteiger partial charge in [0.05, 0.1) is 19.0 Å². The molecule has 1 aliphatic rings. The minimum atomic E-state index is -3.25. The van der Waals surface area contributed by atoms with Crippen LogP contribution in [0.3, 0.4) is 0 Å². The summed E-state index contributed by atoms with van der Waals surface area (Å²) < 4.78 is 37.3. The molecule has 0 aliphatic carbocycles. The normalized spacial score (nSPS) is 15.2. The summed E-state index contributed by atoms with van der Waals surface area (Å²) in [6, 6.07) is 13.3. The molecule has 0 fully saturated rings. The molecular weight excluding hydrogens is 374 g/mol. The Morgan fingerprint density at radius 1 is 1.19 bits per heavy atom. The molecule has 7 heteroatoms. The zero-order valence-corrected chi connectivity index (χ0v) is 16.2. The molecule has 0 aromatic heterocycles. The average molecular weight is 396 g/mol. The second-order valence-electron chi connectivity index (χ2n) is 6.11. The van der Waals surface area contributed by atoms with Crippen LogP contribution in [0.25, 0.3) is 0 Å². The van der Waals surface area contributed by atoms with E-state index >= 15 is 0 Å². The average Bonchev–Trinajstić information content (AvgIpc) is 2.86. The highest BCUT2D eigenvalue weighted by molar-refractivity contribution is 7.89. The molecule has 26 heavy (non-hydrogen) atoms. The molecule has 1 heterocycles. The summed E-state index contributed by atoms with van der Waals surface area (Å²) in [5.74, 6) is 0.817. The number of sulfonamides is 1. The molecule has 3 rings (SSSR count). The number of hydrogen-bond acceptors (Lipinski definition) is 4. The van der Waals surface area contributed by atoms with Crippen molar-refractivity contribution >= 4 is 21.6 Å². The third-order valence-corrected chi connectivity index (χ3v) is 6.51. The third kappa shape index (κ3) is 4.57. The fraction of sp³-hybridized carbons (Fsp3) is 0.368. The van der Waals surface area contributed by atoms with E-state index in [0.717, 1.165) is 22.4 Å². The van der Waals surface area contributed by atoms with Crippen LogP contribution in [0.2, 0.25) is 5.02 Å². The van der Waals surface area contributed by atoms with Crippen LogP contribution in [0.15, 0.2) is 42.5 Å². The molecule has 0 spiro atoms. The lowest BCUT2D eigenvalue weighted by Crippen LogP contribution is -2.33. The van der Waals surface area contributed by atoms with Crippen molar-refractivity contribution in [2.24, 2.45) is 0 Å². The topological polar surface area (TPSA) is 55.8 Å². The van der Waals surface area contributed by atoms with Crippen molar-refractivity contribution in [3.8, 4) is 5.75 Å². The van der Waals surface area contributed by atoms with Crippen LogP contribution in [-0.2, 0) is 34.5 Å². The van der Waals surface area contributed by atoms with Crippen LogP contribution in [0.4, 0.5) is 0 Å². The molecule has 0 N–H and O–H groups in total. The first-order valence-corrected chi connectivity index (χ1v) is 10.5. The summed E-state index contributed by atoms with van der Waals surface area (Å²) in [6.45, 7) is 3.53. The van der Waals surface area contributed by atoms with Crippen molar-refractivity contribution in [3.63, 3.8) is 0 Å². The Bertz CT molecular complexity index is 870. The van der Waals surface area contributed by atoms with Crippen molar-refractivity contribution in [2.75, 3.05) is 18.9 Å². The molecule has 0 saturated carbocycles. The second kappa shape index (κ2) is 8.39. The van der Waals surface area contributed by atoms with Crippen molar-refractivity contribution in [3.05, 3.63) is 64.2 Å². The predicted octanol–water partition coefficient (Wildman–Crippen LogP) is 3.60. The van der Waals surface area contributed by atoms with Crippen LogP contribution in [0, 0.1) is 0 Å². The second-order valence-corrected chi connectivity index (χ2v) is 8.77. The number of fused-ring (bicyclic) bond motifs is 1. The molecule has 0 saturated heterocycles. The van der Waals surface area contributed by atoms with Crippen LogP contribution >= 0.6 is 11.6 Å². The van der Waals surface area contributed by atoms with Gasteiger partial charge in [-0.1, -0.05) is 35.9 Å². The predicted molar refractivity (Wildman–Crippen MR) is 102 cm³/mol. The van der Waals surface area contributed by atoms with E-state index in [2.05, 4.69) is 0 Å². The molecule has 5 nitrogen and oxygen atoms in total. The monoisotopic (exact) mass is 395 g/mol. The third-order valence-electron chi connectivity index (χ3n) is 4.31. The minimum Gasteiger partial charge on any atom is -0.492 e. The van der Waals surface area contributed by atoms with Gasteiger partial charge in [-0.3, -0.25) is 0 Å². The Labute approximate surface area is 159 Å². The molecule has 1 aliphatic heterocycles. The van der Waals surface area contributed by atoms with Crippen LogP contribution in [-0.4, -0.2) is 31.6 Å². The Hall–Kier alpha value is -1.60. The highest BCUT2D eigenvalue weighted by Gasteiger charge is 2.24. The zero-order chi connectivity index (χ0) is 18.6. The first kappa shape index (κ1) is 19.2. The lowest BCUT2D eigenvalue weighted by molar-refractivity contribution is 0.107. The molecule has 0 radical (unpaired) electrons. The summed E-state index contributed by atoms with van der Waals surface area (Å²) in [6.07, 6.45) is 0. The van der Waals surface area contributed by atoms with Gasteiger partial charge in [-0.15, -0.1) is 0 Å². The van der Waals surface area contributed by atoms with Gasteiger partial charge in [0.15, 0.2) is 0 Å². The van der Waals surface area contributed by atoms with E-state index in [4.69, 9.17) is 21.1 Å². The van der Waals surface area contributed by atoms with Gasteiger partial charge in [-0.25, -0.2) is 8.42 Å². The number of nitrogens with zero attached hydrogens (tertiary/aromatic N) is 1. The highest BCUT2D eigenvalue weighted by Crippen LogP contribution is 2.26. The lowest BCUT2D eigenvalue weighted by Gasteiger charge is -2.18. The SMILES string of the molecule is CCS(=O)(=O)N1CCOc2ccc(COCc3ccccc3Cl)cc2C1. The maximum Gasteiger partial charge on any atom is 0.214 e. The van der Waals surface area contributed by atoms with Gasteiger partial charge in [-0.2, -0.15) is 4.31 Å². The smallest absolute Gasteiger partial charge is 0.214 e. The van der Waals surface area contributed by atoms with Crippen molar-refractivity contribution in [1.29, 1.82) is 0 Å². The van der Waals surface area contributed by atoms with Crippen LogP contribution < -0.4 is 4.74 Å². The number of ether oxygens (including phenoxy) is 2. The Balaban J connectivity index is 1.69. The van der Waals surface area contributed by atoms with E-state index in [1.165, 1.54) is 4.31 Å². The Kier molecular flexibility index (Phi) is 6.19. The van der Waals surface area contributed by atoms with Crippen molar-refractivity contribution in [2.45, 2.75) is 26.7 Å². The molecule has 0 amide bonds. The largest absolute Gasteiger partial charge is 0.492 e. The van der Waals surface area contributed by atoms with Gasteiger partial charge in [0.25, 0.3) is 0 Å². The van der Waals surface area contributed by atoms with Crippen LogP contribution in [0.5, 0.6) is 5.75 Å². The molecule has 0 atom stereocenters. The van der Waals surface area contributed by atoms with E-state index in [9.17, 15) is 8.42 Å². The summed E-state index contributed by atoms with van der Waals surface area (Å²) >= 11 is 6.13. The number of halogens is 1. The molecular formula is C19H22ClNO4S. The first-order chi connectivity index (χ1) is 12.5. The maximum absolute atomic E-state index is 12.2. The number of benzene rings is 2. The number of rotatable bonds is 6. The summed E-state index contributed by atoms with van der Waals surface area (Å²) in [5, 5.41) is 0.684. The van der Waals surface area contributed by atoms with Gasteiger partial charge in [0.1, 0.15) is 12.4 Å². The molecule has 0 unspecified atom stereocenters. The lowest BCUT2D eigenvalue weighted by atomic mass is 10.1. The number of hydrogen-bond donors (Lipinski definition) is 0. The van der Waals surface area contributed by atoms with Gasteiger partial charge in [-0.05, 0) is 36.2 Å². The zero-order valence-electron chi connectivity index (χ0n) is 14.7. The molecule has 2 aromatic rings. The van der Waals surface area contributed by atoms with E-state index in [1.807, 2.05) is 42.5 Å². The van der Waals surface area contributed by atoms with Crippen molar-refractivity contribution in [1.82, 2.24) is 4.31 Å². The first-order valence-electron chi connectivity index (χ1n) is 8.53. The fourth-order valence-corrected chi connectivity index (χ4v) is 4.07. The standard InChI is InChI=1S/C19H22ClNO4S/c1-2-26(22,23)21-9-10-25-19-8-7-15(11-17(19)12-21)13-24-14-16-5-3-4-6-18(16)20/h3-8,11H,2,9-10,12-14H2,1H3. The van der Waals surface area contributed by atoms with Gasteiger partial charge >= 0.3 is 0 Å². The van der Waals surface area contributed by atoms with Gasteiger partial charge < -0.3 is 9.47 Å². The summed E-state index contributed by atoms with van der Waals surface area (Å²) in [4.78, 5) is 0. The van der Waals surface area contributed by atoms with E-state index in [-0.39, 0.29) is 5.75 Å². The van der Waals surface area contributed by atoms with Gasteiger partial charge in [0.2, 0.25) is 10.0 Å². The molecule has 2 aromatic carbocycles. The summed E-state index contributed by atoms with van der Waals surface area (Å²) in [5.41, 5.74) is 2.76. The van der Waals surface area contributed by atoms with Crippen molar-refractivity contribution < 1.29 is 17.9 Å². The molecule has 0 bridgehead atoms. The minimum absolute atomic E-state index is 0.0863. The van der Waals surface area contributed by atoms with Crippen LogP contribution in [0.1, 0.15) is 23.6 Å². The van der Waals surface area contributed by atoms with E-state index < -0.39 is 10.0 Å². The van der Waals surface area contributed by atoms with E-state index in [1.54, 1.807) is 6.92 Å². The maximum atomic E-state index is 12.2. The summed E-state index contributed by atoms with van der Waals surface area (Å²) in [7, 11) is -3.25. The molecule has 140 valence electrons. The Morgan fingerprint density at radius 2 is 2.00 bits per heavy atom. The van der Waals surface area contributed by atoms with Gasteiger partial charge in [0, 0.05) is 23.7 Å².